The van der Waals surface area contributed by atoms with Crippen molar-refractivity contribution < 1.29 is 18.3 Å². The summed E-state index contributed by atoms with van der Waals surface area (Å²) >= 11 is 0. The molecule has 1 unspecified atom stereocenters. The molecule has 90 valence electrons. The molecule has 1 rings (SSSR count). The molecule has 0 amide bonds. The van der Waals surface area contributed by atoms with Crippen LogP contribution in [-0.4, -0.2) is 13.2 Å². The van der Waals surface area contributed by atoms with Gasteiger partial charge >= 0.3 is 0 Å². The molecule has 0 aliphatic carbocycles. The van der Waals surface area contributed by atoms with Gasteiger partial charge in [0.1, 0.15) is 0 Å². The van der Waals surface area contributed by atoms with E-state index < -0.39 is 17.7 Å². The van der Waals surface area contributed by atoms with Gasteiger partial charge in [-0.15, -0.1) is 0 Å². The number of rotatable bonds is 5. The van der Waals surface area contributed by atoms with Gasteiger partial charge in [0.05, 0.1) is 12.7 Å². The van der Waals surface area contributed by atoms with E-state index in [9.17, 15) is 8.78 Å². The Morgan fingerprint density at radius 2 is 1.81 bits per heavy atom. The molecule has 0 fully saturated rings. The summed E-state index contributed by atoms with van der Waals surface area (Å²) in [5, 5.41) is 0. The third-order valence-electron chi connectivity index (χ3n) is 2.23. The lowest BCUT2D eigenvalue weighted by Crippen LogP contribution is -2.06. The van der Waals surface area contributed by atoms with Crippen LogP contribution in [0.15, 0.2) is 12.1 Å². The molecule has 2 nitrogen and oxygen atoms in total. The van der Waals surface area contributed by atoms with Gasteiger partial charge in [0.15, 0.2) is 11.6 Å². The van der Waals surface area contributed by atoms with Crippen LogP contribution in [0.25, 0.3) is 0 Å². The minimum atomic E-state index is -0.953. The van der Waals surface area contributed by atoms with Crippen LogP contribution in [0, 0.1) is 11.6 Å². The summed E-state index contributed by atoms with van der Waals surface area (Å²) < 4.78 is 37.3. The van der Waals surface area contributed by atoms with E-state index in [4.69, 9.17) is 9.47 Å². The van der Waals surface area contributed by atoms with Gasteiger partial charge in [0, 0.05) is 12.2 Å². The minimum Gasteiger partial charge on any atom is -0.491 e. The maximum absolute atomic E-state index is 13.6. The Balaban J connectivity index is 3.01. The molecular formula is C12H16F2O2. The second-order valence-electron chi connectivity index (χ2n) is 3.31. The fourth-order valence-electron chi connectivity index (χ4n) is 1.47. The Hall–Kier alpha value is -1.16. The lowest BCUT2D eigenvalue weighted by Gasteiger charge is -2.14. The Morgan fingerprint density at radius 1 is 1.12 bits per heavy atom. The lowest BCUT2D eigenvalue weighted by atomic mass is 10.1. The van der Waals surface area contributed by atoms with Crippen molar-refractivity contribution in [3.63, 3.8) is 0 Å². The number of hydrogen-bond acceptors (Lipinski definition) is 2. The van der Waals surface area contributed by atoms with Gasteiger partial charge in [-0.3, -0.25) is 0 Å². The van der Waals surface area contributed by atoms with E-state index >= 15 is 0 Å². The van der Waals surface area contributed by atoms with Gasteiger partial charge in [-0.2, -0.15) is 4.39 Å². The molecule has 0 heterocycles. The largest absolute Gasteiger partial charge is 0.491 e. The number of ether oxygens (including phenoxy) is 2. The van der Waals surface area contributed by atoms with Crippen LogP contribution in [0.5, 0.6) is 5.75 Å². The van der Waals surface area contributed by atoms with E-state index in [2.05, 4.69) is 0 Å². The fourth-order valence-corrected chi connectivity index (χ4v) is 1.47. The topological polar surface area (TPSA) is 18.5 Å². The summed E-state index contributed by atoms with van der Waals surface area (Å²) in [5.41, 5.74) is 0.211. The zero-order valence-electron chi connectivity index (χ0n) is 9.72. The SMILES string of the molecule is CCOc1ccc(C(C)OCC)c(F)c1F. The predicted octanol–water partition coefficient (Wildman–Crippen LogP) is 3.46. The standard InChI is InChI=1S/C12H16F2O2/c1-4-15-8(3)9-6-7-10(16-5-2)12(14)11(9)13/h6-8H,4-5H2,1-3H3. The maximum atomic E-state index is 13.6. The molecule has 1 aromatic carbocycles. The quantitative estimate of drug-likeness (QED) is 0.771. The second kappa shape index (κ2) is 5.80. The van der Waals surface area contributed by atoms with E-state index in [1.807, 2.05) is 0 Å². The normalized spacial score (nSPS) is 12.6. The van der Waals surface area contributed by atoms with Crippen molar-refractivity contribution in [1.82, 2.24) is 0 Å². The summed E-state index contributed by atoms with van der Waals surface area (Å²) in [7, 11) is 0. The van der Waals surface area contributed by atoms with Gasteiger partial charge in [-0.1, -0.05) is 0 Å². The average molecular weight is 230 g/mol. The van der Waals surface area contributed by atoms with Crippen LogP contribution in [0.3, 0.4) is 0 Å². The average Bonchev–Trinajstić information content (AvgIpc) is 2.25. The van der Waals surface area contributed by atoms with E-state index in [-0.39, 0.29) is 11.3 Å². The molecule has 0 aliphatic heterocycles. The smallest absolute Gasteiger partial charge is 0.200 e. The zero-order chi connectivity index (χ0) is 12.1. The maximum Gasteiger partial charge on any atom is 0.200 e. The van der Waals surface area contributed by atoms with E-state index in [1.165, 1.54) is 12.1 Å². The van der Waals surface area contributed by atoms with E-state index in [0.29, 0.717) is 13.2 Å². The first kappa shape index (κ1) is 12.9. The highest BCUT2D eigenvalue weighted by Crippen LogP contribution is 2.27. The first-order chi connectivity index (χ1) is 7.61. The minimum absolute atomic E-state index is 0.0625. The molecule has 4 heteroatoms. The molecule has 1 atom stereocenters. The van der Waals surface area contributed by atoms with Crippen molar-refractivity contribution in [2.24, 2.45) is 0 Å². The highest BCUT2D eigenvalue weighted by atomic mass is 19.2. The number of benzene rings is 1. The second-order valence-corrected chi connectivity index (χ2v) is 3.31. The summed E-state index contributed by atoms with van der Waals surface area (Å²) in [5.74, 6) is -1.91. The Morgan fingerprint density at radius 3 is 2.38 bits per heavy atom. The predicted molar refractivity (Wildman–Crippen MR) is 57.6 cm³/mol. The summed E-state index contributed by atoms with van der Waals surface area (Å²) in [6, 6.07) is 2.91. The van der Waals surface area contributed by atoms with E-state index in [1.54, 1.807) is 20.8 Å². The summed E-state index contributed by atoms with van der Waals surface area (Å²) in [4.78, 5) is 0. The van der Waals surface area contributed by atoms with Gasteiger partial charge < -0.3 is 9.47 Å². The molecule has 0 saturated carbocycles. The first-order valence-electron chi connectivity index (χ1n) is 5.34. The Kier molecular flexibility index (Phi) is 4.68. The molecule has 0 bridgehead atoms. The first-order valence-corrected chi connectivity index (χ1v) is 5.34. The highest BCUT2D eigenvalue weighted by Gasteiger charge is 2.18. The number of hydrogen-bond donors (Lipinski definition) is 0. The Bertz CT molecular complexity index is 353. The van der Waals surface area contributed by atoms with Gasteiger partial charge in [-0.05, 0) is 32.9 Å². The monoisotopic (exact) mass is 230 g/mol. The molecular weight excluding hydrogens is 214 g/mol. The Labute approximate surface area is 94.2 Å². The highest BCUT2D eigenvalue weighted by molar-refractivity contribution is 5.32. The van der Waals surface area contributed by atoms with Crippen LogP contribution in [0.4, 0.5) is 8.78 Å². The third kappa shape index (κ3) is 2.70. The molecule has 1 aromatic rings. The molecule has 0 spiro atoms. The van der Waals surface area contributed by atoms with Crippen molar-refractivity contribution in [1.29, 1.82) is 0 Å². The van der Waals surface area contributed by atoms with Gasteiger partial charge in [0.25, 0.3) is 0 Å². The summed E-state index contributed by atoms with van der Waals surface area (Å²) in [6.07, 6.45) is -0.463. The molecule has 0 N–H and O–H groups in total. The van der Waals surface area contributed by atoms with E-state index in [0.717, 1.165) is 0 Å². The van der Waals surface area contributed by atoms with Crippen molar-refractivity contribution >= 4 is 0 Å². The molecule has 0 aliphatic rings. The zero-order valence-corrected chi connectivity index (χ0v) is 9.72. The molecule has 0 saturated heterocycles. The lowest BCUT2D eigenvalue weighted by molar-refractivity contribution is 0.0731. The van der Waals surface area contributed by atoms with Crippen molar-refractivity contribution in [3.8, 4) is 5.75 Å². The van der Waals surface area contributed by atoms with Gasteiger partial charge in [-0.25, -0.2) is 4.39 Å². The van der Waals surface area contributed by atoms with Crippen LogP contribution in [0.2, 0.25) is 0 Å². The van der Waals surface area contributed by atoms with Gasteiger partial charge in [0.2, 0.25) is 5.82 Å². The van der Waals surface area contributed by atoms with Crippen molar-refractivity contribution in [2.75, 3.05) is 13.2 Å². The van der Waals surface area contributed by atoms with Crippen molar-refractivity contribution in [3.05, 3.63) is 29.3 Å². The van der Waals surface area contributed by atoms with Crippen LogP contribution >= 0.6 is 0 Å². The van der Waals surface area contributed by atoms with Crippen LogP contribution in [-0.2, 0) is 4.74 Å². The van der Waals surface area contributed by atoms with Crippen LogP contribution < -0.4 is 4.74 Å². The summed E-state index contributed by atoms with van der Waals surface area (Å²) in [6.45, 7) is 5.96. The van der Waals surface area contributed by atoms with Crippen LogP contribution in [0.1, 0.15) is 32.4 Å². The van der Waals surface area contributed by atoms with Crippen molar-refractivity contribution in [2.45, 2.75) is 26.9 Å². The molecule has 0 aromatic heterocycles. The fraction of sp³-hybridized carbons (Fsp3) is 0.500. The number of halogens is 2. The molecule has 16 heavy (non-hydrogen) atoms. The molecule has 0 radical (unpaired) electrons. The third-order valence-corrected chi connectivity index (χ3v) is 2.23.